The van der Waals surface area contributed by atoms with E-state index in [1.54, 1.807) is 24.3 Å². The van der Waals surface area contributed by atoms with Gasteiger partial charge in [0.25, 0.3) is 11.8 Å². The Balaban J connectivity index is 1.42. The zero-order valence-electron chi connectivity index (χ0n) is 23.3. The molecule has 0 aliphatic carbocycles. The number of halogens is 3. The molecule has 1 aliphatic rings. The van der Waals surface area contributed by atoms with Gasteiger partial charge in [0.05, 0.1) is 30.3 Å². The second-order valence-corrected chi connectivity index (χ2v) is 9.58. The molecule has 0 radical (unpaired) electrons. The normalized spacial score (nSPS) is 12.8. The molecule has 2 heterocycles. The minimum absolute atomic E-state index is 0.0329. The fourth-order valence-electron chi connectivity index (χ4n) is 3.88. The summed E-state index contributed by atoms with van der Waals surface area (Å²) in [6.07, 6.45) is -4.20. The number of hydrogen-bond donors (Lipinski definition) is 0. The maximum absolute atomic E-state index is 13.3. The molecule has 0 fully saturated rings. The predicted molar refractivity (Wildman–Crippen MR) is 141 cm³/mol. The van der Waals surface area contributed by atoms with Gasteiger partial charge < -0.3 is 14.2 Å². The van der Waals surface area contributed by atoms with E-state index >= 15 is 0 Å². The summed E-state index contributed by atoms with van der Waals surface area (Å²) in [7, 11) is 1.33. The Morgan fingerprint density at radius 3 is 2.09 bits per heavy atom. The highest BCUT2D eigenvalue weighted by atomic mass is 19.4. The number of nitrogens with zero attached hydrogens (tertiary/aromatic N) is 2. The summed E-state index contributed by atoms with van der Waals surface area (Å²) in [5.74, 6) is -5.63. The number of imide groups is 1. The van der Waals surface area contributed by atoms with Gasteiger partial charge in [-0.15, -0.1) is 0 Å². The van der Waals surface area contributed by atoms with Gasteiger partial charge in [-0.05, 0) is 44.2 Å². The number of ether oxygens (including phenoxy) is 3. The maximum atomic E-state index is 13.3. The highest BCUT2D eigenvalue weighted by Gasteiger charge is 2.44. The lowest BCUT2D eigenvalue weighted by molar-refractivity contribution is -0.291. The van der Waals surface area contributed by atoms with Crippen molar-refractivity contribution in [2.24, 2.45) is 0 Å². The largest absolute Gasteiger partial charge is 0.497 e. The van der Waals surface area contributed by atoms with Gasteiger partial charge in [-0.2, -0.15) is 13.2 Å². The Kier molecular flexibility index (Phi) is 8.87. The average Bonchev–Trinajstić information content (AvgIpc) is 3.23. The molecule has 0 atom stereocenters. The summed E-state index contributed by atoms with van der Waals surface area (Å²) in [4.78, 5) is 74.2. The molecule has 2 aromatic carbocycles. The van der Waals surface area contributed by atoms with Crippen molar-refractivity contribution >= 4 is 29.5 Å². The zero-order valence-corrected chi connectivity index (χ0v) is 23.3. The topological polar surface area (TPSA) is 148 Å². The molecule has 0 unspecified atom stereocenters. The SMILES string of the molecule is COc1ccc(C(=O)c2ccc(OCCN3C(=O)c4ccccc4C3=O)nc2)c(OC(C)(C)C(=O)OOC(=O)C(F)(F)F)c1. The van der Waals surface area contributed by atoms with Crippen LogP contribution in [0, 0.1) is 0 Å². The van der Waals surface area contributed by atoms with Gasteiger partial charge in [0.1, 0.15) is 18.1 Å². The number of amides is 2. The highest BCUT2D eigenvalue weighted by Crippen LogP contribution is 2.31. The Labute approximate surface area is 247 Å². The third-order valence-corrected chi connectivity index (χ3v) is 6.16. The number of aromatic nitrogens is 1. The van der Waals surface area contributed by atoms with E-state index in [1.165, 1.54) is 43.6 Å². The Bertz CT molecular complexity index is 1590. The van der Waals surface area contributed by atoms with E-state index < -0.39 is 41.3 Å². The van der Waals surface area contributed by atoms with Gasteiger partial charge in [-0.3, -0.25) is 19.3 Å². The minimum atomic E-state index is -5.40. The fourth-order valence-corrected chi connectivity index (χ4v) is 3.88. The minimum Gasteiger partial charge on any atom is -0.497 e. The van der Waals surface area contributed by atoms with Crippen LogP contribution >= 0.6 is 0 Å². The molecule has 12 nitrogen and oxygen atoms in total. The van der Waals surface area contributed by atoms with Crippen molar-refractivity contribution in [2.75, 3.05) is 20.3 Å². The third kappa shape index (κ3) is 6.77. The summed E-state index contributed by atoms with van der Waals surface area (Å²) in [6, 6.07) is 13.2. The number of pyridine rings is 1. The Morgan fingerprint density at radius 1 is 0.886 bits per heavy atom. The first-order chi connectivity index (χ1) is 20.7. The number of alkyl halides is 3. The molecule has 0 N–H and O–H groups in total. The van der Waals surface area contributed by atoms with Gasteiger partial charge in [0.15, 0.2) is 5.78 Å². The average molecular weight is 617 g/mol. The van der Waals surface area contributed by atoms with Crippen LogP contribution in [0.25, 0.3) is 0 Å². The standard InChI is InChI=1S/C29H23F3N2O10/c1-28(2,26(38)43-44-27(39)29(30,31)32)42-21-14-17(40-3)9-10-20(21)23(35)16-8-11-22(33-15-16)41-13-12-34-24(36)18-6-4-5-7-19(18)25(34)37/h4-11,14-15H,12-13H2,1-3H3. The van der Waals surface area contributed by atoms with Crippen LogP contribution in [0.3, 0.4) is 0 Å². The van der Waals surface area contributed by atoms with Crippen molar-refractivity contribution in [3.63, 3.8) is 0 Å². The smallest absolute Gasteiger partial charge is 0.495 e. The molecular formula is C29H23F3N2O10. The van der Waals surface area contributed by atoms with Crippen LogP contribution in [-0.4, -0.2) is 71.5 Å². The first-order valence-electron chi connectivity index (χ1n) is 12.7. The molecule has 44 heavy (non-hydrogen) atoms. The number of benzene rings is 2. The zero-order chi connectivity index (χ0) is 32.2. The van der Waals surface area contributed by atoms with Crippen molar-refractivity contribution < 1.29 is 61.1 Å². The van der Waals surface area contributed by atoms with E-state index in [-0.39, 0.29) is 41.7 Å². The van der Waals surface area contributed by atoms with Crippen molar-refractivity contribution in [1.29, 1.82) is 0 Å². The van der Waals surface area contributed by atoms with Crippen molar-refractivity contribution in [2.45, 2.75) is 25.6 Å². The lowest BCUT2D eigenvalue weighted by Gasteiger charge is -2.24. The van der Waals surface area contributed by atoms with Crippen LogP contribution in [0.15, 0.2) is 60.8 Å². The number of ketones is 1. The number of carbonyl (C=O) groups is 5. The van der Waals surface area contributed by atoms with Gasteiger partial charge in [-0.25, -0.2) is 24.3 Å². The summed E-state index contributed by atoms with van der Waals surface area (Å²) < 4.78 is 53.4. The lowest BCUT2D eigenvalue weighted by atomic mass is 10.0. The van der Waals surface area contributed by atoms with Gasteiger partial charge in [-0.1, -0.05) is 12.1 Å². The molecule has 3 aromatic rings. The van der Waals surface area contributed by atoms with E-state index in [0.717, 1.165) is 18.7 Å². The van der Waals surface area contributed by atoms with Gasteiger partial charge in [0.2, 0.25) is 11.5 Å². The number of fused-ring (bicyclic) bond motifs is 1. The predicted octanol–water partition coefficient (Wildman–Crippen LogP) is 3.72. The number of rotatable bonds is 10. The molecule has 1 aliphatic heterocycles. The van der Waals surface area contributed by atoms with Crippen LogP contribution in [0.4, 0.5) is 13.2 Å². The summed E-state index contributed by atoms with van der Waals surface area (Å²) in [6.45, 7) is 2.13. The molecular weight excluding hydrogens is 593 g/mol. The van der Waals surface area contributed by atoms with E-state index in [1.807, 2.05) is 0 Å². The van der Waals surface area contributed by atoms with Crippen LogP contribution in [0.1, 0.15) is 50.5 Å². The molecule has 4 rings (SSSR count). The van der Waals surface area contributed by atoms with E-state index in [2.05, 4.69) is 14.8 Å². The van der Waals surface area contributed by atoms with Crippen LogP contribution in [0.2, 0.25) is 0 Å². The van der Waals surface area contributed by atoms with Gasteiger partial charge in [0, 0.05) is 23.9 Å². The molecule has 2 amide bonds. The summed E-state index contributed by atoms with van der Waals surface area (Å²) >= 11 is 0. The molecule has 1 aromatic heterocycles. The first-order valence-corrected chi connectivity index (χ1v) is 12.7. The van der Waals surface area contributed by atoms with E-state index in [4.69, 9.17) is 14.2 Å². The van der Waals surface area contributed by atoms with Crippen LogP contribution in [0.5, 0.6) is 17.4 Å². The van der Waals surface area contributed by atoms with E-state index in [9.17, 15) is 37.1 Å². The molecule has 0 spiro atoms. The van der Waals surface area contributed by atoms with E-state index in [0.29, 0.717) is 11.1 Å². The summed E-state index contributed by atoms with van der Waals surface area (Å²) in [5.41, 5.74) is -1.44. The first kappa shape index (κ1) is 31.5. The van der Waals surface area contributed by atoms with Crippen LogP contribution in [-0.2, 0) is 19.4 Å². The Hall–Kier alpha value is -5.47. The second-order valence-electron chi connectivity index (χ2n) is 9.58. The number of hydrogen-bond acceptors (Lipinski definition) is 11. The Morgan fingerprint density at radius 2 is 1.52 bits per heavy atom. The van der Waals surface area contributed by atoms with Crippen molar-refractivity contribution in [3.05, 3.63) is 83.0 Å². The number of carbonyl (C=O) groups excluding carboxylic acids is 5. The fraction of sp³-hybridized carbons (Fsp3) is 0.241. The lowest BCUT2D eigenvalue weighted by Crippen LogP contribution is -2.41. The van der Waals surface area contributed by atoms with Gasteiger partial charge >= 0.3 is 18.1 Å². The molecule has 15 heteroatoms. The second kappa shape index (κ2) is 12.4. The molecule has 0 saturated heterocycles. The monoisotopic (exact) mass is 616 g/mol. The molecule has 0 bridgehead atoms. The summed E-state index contributed by atoms with van der Waals surface area (Å²) in [5, 5.41) is 0. The quantitative estimate of drug-likeness (QED) is 0.142. The number of methoxy groups -OCH3 is 1. The highest BCUT2D eigenvalue weighted by molar-refractivity contribution is 6.21. The maximum Gasteiger partial charge on any atom is 0.495 e. The molecule has 230 valence electrons. The van der Waals surface area contributed by atoms with Crippen molar-refractivity contribution in [3.8, 4) is 17.4 Å². The third-order valence-electron chi connectivity index (χ3n) is 6.16. The van der Waals surface area contributed by atoms with Crippen molar-refractivity contribution in [1.82, 2.24) is 9.88 Å². The van der Waals surface area contributed by atoms with Crippen LogP contribution < -0.4 is 14.2 Å². The molecule has 0 saturated carbocycles.